The Labute approximate surface area is 225 Å². The third-order valence-corrected chi connectivity index (χ3v) is 7.49. The molecule has 0 amide bonds. The summed E-state index contributed by atoms with van der Waals surface area (Å²) in [6, 6.07) is 35.3. The van der Waals surface area contributed by atoms with E-state index in [2.05, 4.69) is 113 Å². The molecule has 0 aliphatic carbocycles. The minimum atomic E-state index is -0.753. The second kappa shape index (κ2) is 9.45. The second-order valence-corrected chi connectivity index (χ2v) is 9.91. The zero-order valence-electron chi connectivity index (χ0n) is 20.6. The fraction of sp³-hybridized carbons (Fsp3) is 0.0909. The van der Waals surface area contributed by atoms with Crippen molar-refractivity contribution in [3.63, 3.8) is 0 Å². The van der Waals surface area contributed by atoms with Gasteiger partial charge in [-0.1, -0.05) is 88.7 Å². The van der Waals surface area contributed by atoms with E-state index in [0.29, 0.717) is 11.5 Å². The van der Waals surface area contributed by atoms with Gasteiger partial charge in [-0.3, -0.25) is 0 Å². The molecule has 0 bridgehead atoms. The van der Waals surface area contributed by atoms with E-state index in [1.165, 1.54) is 0 Å². The van der Waals surface area contributed by atoms with Crippen molar-refractivity contribution in [2.75, 3.05) is 14.2 Å². The van der Waals surface area contributed by atoms with Gasteiger partial charge in [-0.05, 0) is 64.4 Å². The molecule has 0 N–H and O–H groups in total. The number of benzene rings is 5. The van der Waals surface area contributed by atoms with Gasteiger partial charge in [0.2, 0.25) is 0 Å². The molecule has 0 fully saturated rings. The monoisotopic (exact) mass is 548 g/mol. The Balaban J connectivity index is 1.64. The van der Waals surface area contributed by atoms with Crippen molar-refractivity contribution in [2.24, 2.45) is 0 Å². The van der Waals surface area contributed by atoms with Crippen molar-refractivity contribution in [3.05, 3.63) is 130 Å². The molecule has 0 unspecified atom stereocenters. The maximum atomic E-state index is 7.05. The van der Waals surface area contributed by atoms with E-state index >= 15 is 0 Å². The minimum absolute atomic E-state index is 0.682. The Morgan fingerprint density at radius 1 is 0.676 bits per heavy atom. The van der Waals surface area contributed by atoms with Crippen molar-refractivity contribution in [2.45, 2.75) is 5.60 Å². The van der Waals surface area contributed by atoms with Crippen LogP contribution in [0.1, 0.15) is 16.7 Å². The Morgan fingerprint density at radius 2 is 1.24 bits per heavy atom. The van der Waals surface area contributed by atoms with Crippen LogP contribution in [0.3, 0.4) is 0 Å². The van der Waals surface area contributed by atoms with Gasteiger partial charge >= 0.3 is 0 Å². The molecule has 5 aromatic carbocycles. The van der Waals surface area contributed by atoms with E-state index in [9.17, 15) is 0 Å². The summed E-state index contributed by atoms with van der Waals surface area (Å²) >= 11 is 3.57. The van der Waals surface area contributed by atoms with Crippen LogP contribution in [0.4, 0.5) is 0 Å². The number of hydrogen-bond acceptors (Lipinski definition) is 3. The summed E-state index contributed by atoms with van der Waals surface area (Å²) < 4.78 is 19.4. The SMILES string of the molecule is COc1cc2c(-c3ccc(Br)cc3)cc3c(c2cc1OC)C=CC(c1ccccc1)(c1ccccc1)O3. The predicted molar refractivity (Wildman–Crippen MR) is 154 cm³/mol. The topological polar surface area (TPSA) is 27.7 Å². The number of halogens is 1. The fourth-order valence-electron chi connectivity index (χ4n) is 5.13. The summed E-state index contributed by atoms with van der Waals surface area (Å²) in [5.41, 5.74) is 4.55. The van der Waals surface area contributed by atoms with Gasteiger partial charge in [0.05, 0.1) is 14.2 Å². The van der Waals surface area contributed by atoms with E-state index in [1.54, 1.807) is 14.2 Å². The molecule has 0 saturated carbocycles. The van der Waals surface area contributed by atoms with Crippen molar-refractivity contribution < 1.29 is 14.2 Å². The van der Waals surface area contributed by atoms with E-state index < -0.39 is 5.60 Å². The van der Waals surface area contributed by atoms with E-state index in [-0.39, 0.29) is 0 Å². The first-order valence-corrected chi connectivity index (χ1v) is 12.9. The van der Waals surface area contributed by atoms with Gasteiger partial charge in [0.25, 0.3) is 0 Å². The minimum Gasteiger partial charge on any atom is -0.493 e. The summed E-state index contributed by atoms with van der Waals surface area (Å²) in [6.07, 6.45) is 4.34. The van der Waals surface area contributed by atoms with Crippen LogP contribution in [0.15, 0.2) is 114 Å². The largest absolute Gasteiger partial charge is 0.493 e. The Kier molecular flexibility index (Phi) is 5.97. The van der Waals surface area contributed by atoms with Crippen LogP contribution < -0.4 is 14.2 Å². The molecule has 1 aliphatic rings. The first-order valence-electron chi connectivity index (χ1n) is 12.1. The van der Waals surface area contributed by atoms with E-state index in [0.717, 1.165) is 48.8 Å². The van der Waals surface area contributed by atoms with Gasteiger partial charge in [-0.2, -0.15) is 0 Å². The molecule has 0 radical (unpaired) electrons. The number of fused-ring (bicyclic) bond motifs is 3. The molecule has 6 rings (SSSR count). The molecule has 182 valence electrons. The quantitative estimate of drug-likeness (QED) is 0.220. The van der Waals surface area contributed by atoms with Crippen molar-refractivity contribution in [1.29, 1.82) is 0 Å². The Bertz CT molecular complexity index is 1570. The summed E-state index contributed by atoms with van der Waals surface area (Å²) in [5, 5.41) is 2.11. The van der Waals surface area contributed by atoms with Gasteiger partial charge in [-0.15, -0.1) is 0 Å². The first kappa shape index (κ1) is 23.4. The summed E-state index contributed by atoms with van der Waals surface area (Å²) in [5.74, 6) is 2.19. The van der Waals surface area contributed by atoms with Gasteiger partial charge < -0.3 is 14.2 Å². The summed E-state index contributed by atoms with van der Waals surface area (Å²) in [7, 11) is 3.33. The zero-order chi connectivity index (χ0) is 25.4. The van der Waals surface area contributed by atoms with Gasteiger partial charge in [-0.25, -0.2) is 0 Å². The summed E-state index contributed by atoms with van der Waals surface area (Å²) in [4.78, 5) is 0. The third-order valence-electron chi connectivity index (χ3n) is 6.96. The maximum Gasteiger partial charge on any atom is 0.178 e. The molecule has 0 spiro atoms. The lowest BCUT2D eigenvalue weighted by Gasteiger charge is -2.36. The Hall–Kier alpha value is -4.02. The molecule has 5 aromatic rings. The molecular weight excluding hydrogens is 524 g/mol. The number of methoxy groups -OCH3 is 2. The predicted octanol–water partition coefficient (Wildman–Crippen LogP) is 8.64. The average molecular weight is 549 g/mol. The molecule has 0 saturated heterocycles. The molecule has 1 aliphatic heterocycles. The fourth-order valence-corrected chi connectivity index (χ4v) is 5.39. The highest BCUT2D eigenvalue weighted by atomic mass is 79.9. The highest BCUT2D eigenvalue weighted by Gasteiger charge is 2.37. The lowest BCUT2D eigenvalue weighted by molar-refractivity contribution is 0.161. The lowest BCUT2D eigenvalue weighted by Crippen LogP contribution is -2.34. The lowest BCUT2D eigenvalue weighted by atomic mass is 9.82. The van der Waals surface area contributed by atoms with Crippen LogP contribution in [0, 0.1) is 0 Å². The van der Waals surface area contributed by atoms with Crippen molar-refractivity contribution in [3.8, 4) is 28.4 Å². The Morgan fingerprint density at radius 3 is 1.81 bits per heavy atom. The van der Waals surface area contributed by atoms with Crippen LogP contribution in [-0.4, -0.2) is 14.2 Å². The first-order chi connectivity index (χ1) is 18.1. The number of ether oxygens (including phenoxy) is 3. The molecule has 37 heavy (non-hydrogen) atoms. The molecular formula is C33H25BrO3. The highest BCUT2D eigenvalue weighted by Crippen LogP contribution is 2.48. The second-order valence-electron chi connectivity index (χ2n) is 9.00. The van der Waals surface area contributed by atoms with Gasteiger partial charge in [0.15, 0.2) is 17.1 Å². The molecule has 0 aromatic heterocycles. The number of rotatable bonds is 5. The molecule has 3 nitrogen and oxygen atoms in total. The third kappa shape index (κ3) is 3.98. The van der Waals surface area contributed by atoms with Crippen LogP contribution >= 0.6 is 15.9 Å². The molecule has 4 heteroatoms. The van der Waals surface area contributed by atoms with Crippen molar-refractivity contribution in [1.82, 2.24) is 0 Å². The van der Waals surface area contributed by atoms with Gasteiger partial charge in [0, 0.05) is 21.2 Å². The maximum absolute atomic E-state index is 7.05. The molecule has 1 heterocycles. The van der Waals surface area contributed by atoms with Crippen LogP contribution in [-0.2, 0) is 5.60 Å². The van der Waals surface area contributed by atoms with E-state index in [1.807, 2.05) is 18.2 Å². The van der Waals surface area contributed by atoms with Crippen LogP contribution in [0.5, 0.6) is 17.2 Å². The number of hydrogen-bond donors (Lipinski definition) is 0. The molecule has 0 atom stereocenters. The smallest absolute Gasteiger partial charge is 0.178 e. The summed E-state index contributed by atoms with van der Waals surface area (Å²) in [6.45, 7) is 0. The standard InChI is InChI=1S/C33H25BrO3/c1-35-31-20-28-26-17-18-33(23-9-5-3-6-10-23,24-11-7-4-8-12-24)37-30(26)19-27(29(28)21-32(31)36-2)22-13-15-25(34)16-14-22/h3-21H,1-2H3. The normalized spacial score (nSPS) is 13.6. The average Bonchev–Trinajstić information content (AvgIpc) is 2.97. The van der Waals surface area contributed by atoms with Crippen molar-refractivity contribution >= 4 is 32.8 Å². The zero-order valence-corrected chi connectivity index (χ0v) is 22.2. The van der Waals surface area contributed by atoms with Gasteiger partial charge in [0.1, 0.15) is 5.75 Å². The van der Waals surface area contributed by atoms with Crippen LogP contribution in [0.25, 0.3) is 28.0 Å². The highest BCUT2D eigenvalue weighted by molar-refractivity contribution is 9.10. The van der Waals surface area contributed by atoms with E-state index in [4.69, 9.17) is 14.2 Å². The van der Waals surface area contributed by atoms with Crippen LogP contribution in [0.2, 0.25) is 0 Å².